The predicted molar refractivity (Wildman–Crippen MR) is 76.1 cm³/mol. The fourth-order valence-electron chi connectivity index (χ4n) is 1.84. The summed E-state index contributed by atoms with van der Waals surface area (Å²) in [7, 11) is 0. The number of urea groups is 1. The Balaban J connectivity index is 4.82. The van der Waals surface area contributed by atoms with Gasteiger partial charge in [-0.3, -0.25) is 4.79 Å². The maximum absolute atomic E-state index is 12.5. The highest BCUT2D eigenvalue weighted by Crippen LogP contribution is 2.10. The zero-order valence-electron chi connectivity index (χ0n) is 13.0. The molecule has 0 aliphatic rings. The molecule has 0 spiro atoms. The summed E-state index contributed by atoms with van der Waals surface area (Å²) in [5.74, 6) is -1.02. The molecule has 0 heterocycles. The molecule has 5 nitrogen and oxygen atoms in total. The fourth-order valence-corrected chi connectivity index (χ4v) is 1.84. The van der Waals surface area contributed by atoms with Gasteiger partial charge < -0.3 is 14.9 Å². The summed E-state index contributed by atoms with van der Waals surface area (Å²) >= 11 is 0. The van der Waals surface area contributed by atoms with E-state index in [1.165, 1.54) is 0 Å². The summed E-state index contributed by atoms with van der Waals surface area (Å²) < 4.78 is 0. The number of carboxylic acid groups (broad SMARTS) is 1. The van der Waals surface area contributed by atoms with Crippen molar-refractivity contribution in [2.24, 2.45) is 11.8 Å². The molecule has 0 aliphatic carbocycles. The first-order valence-electron chi connectivity index (χ1n) is 6.98. The molecule has 1 N–H and O–H groups in total. The molecule has 0 aromatic rings. The van der Waals surface area contributed by atoms with Crippen LogP contribution in [0.25, 0.3) is 0 Å². The number of carbonyl (C=O) groups excluding carboxylic acids is 1. The van der Waals surface area contributed by atoms with Crippen molar-refractivity contribution in [3.05, 3.63) is 0 Å². The van der Waals surface area contributed by atoms with Gasteiger partial charge in [-0.15, -0.1) is 0 Å². The van der Waals surface area contributed by atoms with E-state index in [-0.39, 0.29) is 18.6 Å². The number of carboxylic acids is 1. The highest BCUT2D eigenvalue weighted by atomic mass is 16.4. The van der Waals surface area contributed by atoms with Crippen LogP contribution >= 0.6 is 0 Å². The molecule has 0 fully saturated rings. The Bertz CT molecular complexity index is 303. The smallest absolute Gasteiger partial charge is 0.320 e. The lowest BCUT2D eigenvalue weighted by Crippen LogP contribution is -2.49. The lowest BCUT2D eigenvalue weighted by Gasteiger charge is -2.34. The molecule has 2 amide bonds. The van der Waals surface area contributed by atoms with Crippen LogP contribution in [0.15, 0.2) is 0 Å². The maximum Gasteiger partial charge on any atom is 0.320 e. The zero-order chi connectivity index (χ0) is 15.2. The normalized spacial score (nSPS) is 12.6. The Morgan fingerprint density at radius 3 is 1.89 bits per heavy atom. The van der Waals surface area contributed by atoms with E-state index in [4.69, 9.17) is 5.11 Å². The number of rotatable bonds is 7. The molecular formula is C14H28N2O3. The van der Waals surface area contributed by atoms with E-state index in [1.54, 1.807) is 11.8 Å². The van der Waals surface area contributed by atoms with Gasteiger partial charge in [-0.1, -0.05) is 20.8 Å². The number of carbonyl (C=O) groups is 2. The third-order valence-corrected chi connectivity index (χ3v) is 3.00. The molecule has 0 bridgehead atoms. The van der Waals surface area contributed by atoms with E-state index >= 15 is 0 Å². The quantitative estimate of drug-likeness (QED) is 0.774. The Morgan fingerprint density at radius 2 is 1.58 bits per heavy atom. The van der Waals surface area contributed by atoms with Gasteiger partial charge in [0, 0.05) is 25.7 Å². The maximum atomic E-state index is 12.5. The van der Waals surface area contributed by atoms with Crippen LogP contribution in [0.5, 0.6) is 0 Å². The summed E-state index contributed by atoms with van der Waals surface area (Å²) in [5, 5.41) is 8.95. The second-order valence-electron chi connectivity index (χ2n) is 5.70. The van der Waals surface area contributed by atoms with Crippen LogP contribution in [0.4, 0.5) is 4.79 Å². The van der Waals surface area contributed by atoms with E-state index in [2.05, 4.69) is 13.8 Å². The van der Waals surface area contributed by atoms with Crippen molar-refractivity contribution >= 4 is 12.0 Å². The minimum absolute atomic E-state index is 0.0701. The number of amides is 2. The summed E-state index contributed by atoms with van der Waals surface area (Å²) in [6, 6.07) is 0.0448. The fraction of sp³-hybridized carbons (Fsp3) is 0.857. The highest BCUT2D eigenvalue weighted by Gasteiger charge is 2.25. The van der Waals surface area contributed by atoms with Gasteiger partial charge in [0.1, 0.15) is 0 Å². The molecule has 0 rings (SSSR count). The molecule has 0 saturated heterocycles. The number of hydrogen-bond donors (Lipinski definition) is 1. The zero-order valence-corrected chi connectivity index (χ0v) is 13.0. The molecule has 0 saturated carbocycles. The van der Waals surface area contributed by atoms with Gasteiger partial charge in [0.25, 0.3) is 0 Å². The van der Waals surface area contributed by atoms with Crippen LogP contribution in [0.1, 0.15) is 41.5 Å². The van der Waals surface area contributed by atoms with Crippen molar-refractivity contribution in [1.29, 1.82) is 0 Å². The average Bonchev–Trinajstić information content (AvgIpc) is 2.31. The third kappa shape index (κ3) is 5.94. The van der Waals surface area contributed by atoms with Crippen LogP contribution in [-0.2, 0) is 4.79 Å². The molecule has 0 radical (unpaired) electrons. The first kappa shape index (κ1) is 17.7. The monoisotopic (exact) mass is 272 g/mol. The number of hydrogen-bond acceptors (Lipinski definition) is 2. The topological polar surface area (TPSA) is 60.9 Å². The Morgan fingerprint density at radius 1 is 1.05 bits per heavy atom. The Kier molecular flexibility index (Phi) is 7.49. The third-order valence-electron chi connectivity index (χ3n) is 3.00. The van der Waals surface area contributed by atoms with E-state index in [0.717, 1.165) is 0 Å². The Hall–Kier alpha value is -1.26. The van der Waals surface area contributed by atoms with Crippen LogP contribution in [0.3, 0.4) is 0 Å². The molecule has 0 aromatic carbocycles. The van der Waals surface area contributed by atoms with E-state index in [9.17, 15) is 9.59 Å². The highest BCUT2D eigenvalue weighted by molar-refractivity contribution is 5.76. The van der Waals surface area contributed by atoms with Crippen LogP contribution < -0.4 is 0 Å². The van der Waals surface area contributed by atoms with Crippen molar-refractivity contribution in [2.45, 2.75) is 47.6 Å². The van der Waals surface area contributed by atoms with Crippen LogP contribution in [0.2, 0.25) is 0 Å². The van der Waals surface area contributed by atoms with Crippen molar-refractivity contribution < 1.29 is 14.7 Å². The van der Waals surface area contributed by atoms with Gasteiger partial charge in [-0.05, 0) is 26.7 Å². The van der Waals surface area contributed by atoms with E-state index < -0.39 is 11.9 Å². The molecule has 0 aliphatic heterocycles. The molecule has 1 unspecified atom stereocenters. The minimum Gasteiger partial charge on any atom is -0.481 e. The molecule has 5 heteroatoms. The minimum atomic E-state index is -0.869. The first-order valence-corrected chi connectivity index (χ1v) is 6.98. The van der Waals surface area contributed by atoms with Gasteiger partial charge in [0.15, 0.2) is 0 Å². The summed E-state index contributed by atoms with van der Waals surface area (Å²) in [6.45, 7) is 13.1. The number of nitrogens with zero attached hydrogens (tertiary/aromatic N) is 2. The molecule has 1 atom stereocenters. The predicted octanol–water partition coefficient (Wildman–Crippen LogP) is 2.52. The van der Waals surface area contributed by atoms with Gasteiger partial charge in [0.2, 0.25) is 0 Å². The van der Waals surface area contributed by atoms with Gasteiger partial charge >= 0.3 is 12.0 Å². The standard InChI is InChI=1S/C14H28N2O3/c1-7-15(9-12(6)13(17)18)14(19)16(11(4)5)8-10(2)3/h10-12H,7-9H2,1-6H3,(H,17,18). The largest absolute Gasteiger partial charge is 0.481 e. The summed E-state index contributed by atoms with van der Waals surface area (Å²) in [4.78, 5) is 26.8. The second kappa shape index (κ2) is 8.02. The van der Waals surface area contributed by atoms with Gasteiger partial charge in [0.05, 0.1) is 5.92 Å². The molecule has 112 valence electrons. The SMILES string of the molecule is CCN(CC(C)C(=O)O)C(=O)N(CC(C)C)C(C)C. The molecule has 19 heavy (non-hydrogen) atoms. The summed E-state index contributed by atoms with van der Waals surface area (Å²) in [5.41, 5.74) is 0. The lowest BCUT2D eigenvalue weighted by atomic mass is 10.1. The van der Waals surface area contributed by atoms with Crippen LogP contribution in [0, 0.1) is 11.8 Å². The Labute approximate surface area is 116 Å². The molecule has 0 aromatic heterocycles. The van der Waals surface area contributed by atoms with Gasteiger partial charge in [-0.2, -0.15) is 0 Å². The summed E-state index contributed by atoms with van der Waals surface area (Å²) in [6.07, 6.45) is 0. The lowest BCUT2D eigenvalue weighted by molar-refractivity contribution is -0.141. The van der Waals surface area contributed by atoms with Crippen molar-refractivity contribution in [2.75, 3.05) is 19.6 Å². The van der Waals surface area contributed by atoms with E-state index in [1.807, 2.05) is 25.7 Å². The van der Waals surface area contributed by atoms with Crippen LogP contribution in [-0.4, -0.2) is 52.6 Å². The van der Waals surface area contributed by atoms with Crippen molar-refractivity contribution in [3.63, 3.8) is 0 Å². The number of aliphatic carboxylic acids is 1. The van der Waals surface area contributed by atoms with Crippen molar-refractivity contribution in [3.8, 4) is 0 Å². The average molecular weight is 272 g/mol. The second-order valence-corrected chi connectivity index (χ2v) is 5.70. The van der Waals surface area contributed by atoms with Gasteiger partial charge in [-0.25, -0.2) is 4.79 Å². The first-order chi connectivity index (χ1) is 8.70. The van der Waals surface area contributed by atoms with E-state index in [0.29, 0.717) is 19.0 Å². The molecular weight excluding hydrogens is 244 g/mol. The van der Waals surface area contributed by atoms with Crippen molar-refractivity contribution in [1.82, 2.24) is 9.80 Å².